The summed E-state index contributed by atoms with van der Waals surface area (Å²) < 4.78 is 25.9. The van der Waals surface area contributed by atoms with E-state index >= 15 is 0 Å². The highest BCUT2D eigenvalue weighted by Gasteiger charge is 2.51. The standard InChI is InChI=1S/C16H20O9/c1-6-12-14(22-9(3)18)16(24-11(5)20)15(23-10(4)19)13(25-12)7-21-8(2)17/h1,12-16H,7H2,2-5H3/t12-,13+,14-,15-,16+/m0/s1. The Labute approximate surface area is 144 Å². The first-order valence-electron chi connectivity index (χ1n) is 7.42. The predicted octanol–water partition coefficient (Wildman–Crippen LogP) is -0.255. The molecule has 0 amide bonds. The van der Waals surface area contributed by atoms with E-state index in [0.29, 0.717) is 0 Å². The molecular weight excluding hydrogens is 336 g/mol. The highest BCUT2D eigenvalue weighted by Crippen LogP contribution is 2.28. The lowest BCUT2D eigenvalue weighted by atomic mass is 9.94. The fraction of sp³-hybridized carbons (Fsp3) is 0.625. The third kappa shape index (κ3) is 6.08. The van der Waals surface area contributed by atoms with Gasteiger partial charge in [0.15, 0.2) is 24.4 Å². The quantitative estimate of drug-likeness (QED) is 0.373. The number of hydrogen-bond acceptors (Lipinski definition) is 9. The van der Waals surface area contributed by atoms with E-state index in [2.05, 4.69) is 5.92 Å². The van der Waals surface area contributed by atoms with Crippen LogP contribution >= 0.6 is 0 Å². The van der Waals surface area contributed by atoms with Gasteiger partial charge in [-0.2, -0.15) is 0 Å². The van der Waals surface area contributed by atoms with Crippen molar-refractivity contribution in [1.29, 1.82) is 0 Å². The number of carbonyl (C=O) groups is 4. The second-order valence-electron chi connectivity index (χ2n) is 5.29. The lowest BCUT2D eigenvalue weighted by molar-refractivity contribution is -0.242. The maximum Gasteiger partial charge on any atom is 0.303 e. The van der Waals surface area contributed by atoms with Gasteiger partial charge in [-0.15, -0.1) is 6.42 Å². The second kappa shape index (κ2) is 9.03. The molecule has 0 spiro atoms. The molecule has 0 N–H and O–H groups in total. The molecule has 0 radical (unpaired) electrons. The zero-order chi connectivity index (χ0) is 19.1. The average molecular weight is 356 g/mol. The van der Waals surface area contributed by atoms with Crippen molar-refractivity contribution in [2.24, 2.45) is 0 Å². The molecule has 25 heavy (non-hydrogen) atoms. The van der Waals surface area contributed by atoms with Crippen molar-refractivity contribution in [3.05, 3.63) is 0 Å². The van der Waals surface area contributed by atoms with E-state index < -0.39 is 54.4 Å². The fourth-order valence-electron chi connectivity index (χ4n) is 2.36. The molecule has 0 aliphatic carbocycles. The SMILES string of the molecule is C#C[C@@H]1O[C@H](COC(C)=O)[C@H](OC(C)=O)[C@H](OC(C)=O)[C@H]1OC(C)=O. The van der Waals surface area contributed by atoms with Crippen LogP contribution in [0.25, 0.3) is 0 Å². The summed E-state index contributed by atoms with van der Waals surface area (Å²) in [6.07, 6.45) is -0.298. The molecule has 1 rings (SSSR count). The Balaban J connectivity index is 3.21. The van der Waals surface area contributed by atoms with Crippen LogP contribution in [0.5, 0.6) is 0 Å². The molecule has 0 aromatic heterocycles. The topological polar surface area (TPSA) is 114 Å². The minimum absolute atomic E-state index is 0.296. The van der Waals surface area contributed by atoms with Crippen LogP contribution < -0.4 is 0 Å². The highest BCUT2D eigenvalue weighted by atomic mass is 16.7. The van der Waals surface area contributed by atoms with Crippen molar-refractivity contribution in [2.75, 3.05) is 6.61 Å². The van der Waals surface area contributed by atoms with Crippen LogP contribution in [0, 0.1) is 12.3 Å². The van der Waals surface area contributed by atoms with E-state index in [-0.39, 0.29) is 6.61 Å². The van der Waals surface area contributed by atoms with Gasteiger partial charge in [0.2, 0.25) is 0 Å². The molecule has 138 valence electrons. The maximum atomic E-state index is 11.5. The van der Waals surface area contributed by atoms with Gasteiger partial charge in [0.1, 0.15) is 12.7 Å². The first-order chi connectivity index (χ1) is 11.6. The summed E-state index contributed by atoms with van der Waals surface area (Å²) >= 11 is 0. The zero-order valence-electron chi connectivity index (χ0n) is 14.3. The first-order valence-corrected chi connectivity index (χ1v) is 7.42. The van der Waals surface area contributed by atoms with E-state index in [0.717, 1.165) is 20.8 Å². The Morgan fingerprint density at radius 1 is 0.840 bits per heavy atom. The van der Waals surface area contributed by atoms with Crippen LogP contribution in [0.2, 0.25) is 0 Å². The number of ether oxygens (including phenoxy) is 5. The third-order valence-corrected chi connectivity index (χ3v) is 3.16. The van der Waals surface area contributed by atoms with Crippen LogP contribution in [0.3, 0.4) is 0 Å². The summed E-state index contributed by atoms with van der Waals surface area (Å²) in [6, 6.07) is 0. The Bertz CT molecular complexity index is 577. The Hall–Kier alpha value is -2.60. The van der Waals surface area contributed by atoms with Gasteiger partial charge in [0.25, 0.3) is 0 Å². The normalized spacial score (nSPS) is 28.2. The number of terminal acetylenes is 1. The molecule has 9 heteroatoms. The van der Waals surface area contributed by atoms with Crippen molar-refractivity contribution >= 4 is 23.9 Å². The lowest BCUT2D eigenvalue weighted by Gasteiger charge is -2.42. The minimum atomic E-state index is -1.22. The molecule has 1 saturated heterocycles. The molecule has 5 atom stereocenters. The molecule has 0 saturated carbocycles. The predicted molar refractivity (Wildman–Crippen MR) is 80.8 cm³/mol. The monoisotopic (exact) mass is 356 g/mol. The van der Waals surface area contributed by atoms with E-state index in [9.17, 15) is 19.2 Å². The van der Waals surface area contributed by atoms with Gasteiger partial charge >= 0.3 is 23.9 Å². The molecule has 1 aliphatic rings. The number of rotatable bonds is 5. The Morgan fingerprint density at radius 2 is 1.32 bits per heavy atom. The largest absolute Gasteiger partial charge is 0.463 e. The number of carbonyl (C=O) groups excluding carboxylic acids is 4. The van der Waals surface area contributed by atoms with Crippen molar-refractivity contribution in [3.63, 3.8) is 0 Å². The number of hydrogen-bond donors (Lipinski definition) is 0. The van der Waals surface area contributed by atoms with Crippen molar-refractivity contribution in [3.8, 4) is 12.3 Å². The van der Waals surface area contributed by atoms with E-state index in [1.807, 2.05) is 0 Å². The average Bonchev–Trinajstić information content (AvgIpc) is 2.48. The van der Waals surface area contributed by atoms with Gasteiger partial charge < -0.3 is 23.7 Å². The summed E-state index contributed by atoms with van der Waals surface area (Å²) in [7, 11) is 0. The molecule has 9 nitrogen and oxygen atoms in total. The molecule has 1 fully saturated rings. The third-order valence-electron chi connectivity index (χ3n) is 3.16. The van der Waals surface area contributed by atoms with Gasteiger partial charge in [-0.05, 0) is 0 Å². The Morgan fingerprint density at radius 3 is 1.76 bits per heavy atom. The van der Waals surface area contributed by atoms with Crippen molar-refractivity contribution in [2.45, 2.75) is 58.2 Å². The zero-order valence-corrected chi connectivity index (χ0v) is 14.3. The van der Waals surface area contributed by atoms with E-state index in [4.69, 9.17) is 30.1 Å². The molecule has 0 aromatic rings. The summed E-state index contributed by atoms with van der Waals surface area (Å²) in [6.45, 7) is 4.31. The maximum absolute atomic E-state index is 11.5. The minimum Gasteiger partial charge on any atom is -0.463 e. The van der Waals surface area contributed by atoms with Gasteiger partial charge in [-0.3, -0.25) is 19.2 Å². The molecule has 0 unspecified atom stereocenters. The van der Waals surface area contributed by atoms with Gasteiger partial charge in [-0.25, -0.2) is 0 Å². The second-order valence-corrected chi connectivity index (χ2v) is 5.29. The lowest BCUT2D eigenvalue weighted by Crippen LogP contribution is -2.62. The van der Waals surface area contributed by atoms with E-state index in [1.54, 1.807) is 0 Å². The molecular formula is C16H20O9. The van der Waals surface area contributed by atoms with Gasteiger partial charge in [0, 0.05) is 27.7 Å². The van der Waals surface area contributed by atoms with Crippen molar-refractivity contribution in [1.82, 2.24) is 0 Å². The highest BCUT2D eigenvalue weighted by molar-refractivity contribution is 5.68. The van der Waals surface area contributed by atoms with Crippen LogP contribution in [0.1, 0.15) is 27.7 Å². The summed E-state index contributed by atoms with van der Waals surface area (Å²) in [5.41, 5.74) is 0. The molecule has 0 bridgehead atoms. The smallest absolute Gasteiger partial charge is 0.303 e. The van der Waals surface area contributed by atoms with Crippen LogP contribution in [-0.4, -0.2) is 61.0 Å². The summed E-state index contributed by atoms with van der Waals surface area (Å²) in [5.74, 6) is -0.396. The van der Waals surface area contributed by atoms with Crippen LogP contribution in [0.4, 0.5) is 0 Å². The molecule has 1 heterocycles. The number of esters is 4. The van der Waals surface area contributed by atoms with Gasteiger partial charge in [-0.1, -0.05) is 5.92 Å². The first kappa shape index (κ1) is 20.4. The van der Waals surface area contributed by atoms with Crippen LogP contribution in [0.15, 0.2) is 0 Å². The van der Waals surface area contributed by atoms with E-state index in [1.165, 1.54) is 6.92 Å². The molecule has 0 aromatic carbocycles. The van der Waals surface area contributed by atoms with Crippen LogP contribution in [-0.2, 0) is 42.9 Å². The van der Waals surface area contributed by atoms with Crippen molar-refractivity contribution < 1.29 is 42.9 Å². The summed E-state index contributed by atoms with van der Waals surface area (Å²) in [4.78, 5) is 45.3. The fourth-order valence-corrected chi connectivity index (χ4v) is 2.36. The van der Waals surface area contributed by atoms with Gasteiger partial charge in [0.05, 0.1) is 0 Å². The summed E-state index contributed by atoms with van der Waals surface area (Å²) in [5, 5.41) is 0. The molecule has 1 aliphatic heterocycles. The Kier molecular flexibility index (Phi) is 7.39.